The van der Waals surface area contributed by atoms with E-state index in [4.69, 9.17) is 5.26 Å². The van der Waals surface area contributed by atoms with Crippen LogP contribution in [0.3, 0.4) is 0 Å². The number of hydrogen-bond donors (Lipinski definition) is 0. The minimum Gasteiger partial charge on any atom is -0.258 e. The van der Waals surface area contributed by atoms with Gasteiger partial charge in [-0.2, -0.15) is 5.26 Å². The Morgan fingerprint density at radius 1 is 1.77 bits per heavy atom. The van der Waals surface area contributed by atoms with Crippen LogP contribution in [-0.4, -0.2) is 9.91 Å². The minimum atomic E-state index is -0.488. The van der Waals surface area contributed by atoms with E-state index in [0.29, 0.717) is 11.3 Å². The molecular formula is C8H7N3O2. The van der Waals surface area contributed by atoms with Crippen molar-refractivity contribution in [1.82, 2.24) is 4.98 Å². The molecule has 0 aromatic carbocycles. The first-order chi connectivity index (χ1) is 6.15. The zero-order valence-electron chi connectivity index (χ0n) is 7.02. The van der Waals surface area contributed by atoms with Crippen LogP contribution in [0.2, 0.25) is 0 Å². The lowest BCUT2D eigenvalue weighted by atomic mass is 10.2. The largest absolute Gasteiger partial charge is 0.290 e. The number of rotatable bonds is 2. The van der Waals surface area contributed by atoms with E-state index >= 15 is 0 Å². The quantitative estimate of drug-likeness (QED) is 0.504. The van der Waals surface area contributed by atoms with Crippen molar-refractivity contribution >= 4 is 5.69 Å². The third-order valence-corrected chi connectivity index (χ3v) is 1.60. The van der Waals surface area contributed by atoms with Crippen molar-refractivity contribution in [3.8, 4) is 6.07 Å². The monoisotopic (exact) mass is 177 g/mol. The van der Waals surface area contributed by atoms with E-state index in [9.17, 15) is 10.1 Å². The molecule has 0 aliphatic heterocycles. The summed E-state index contributed by atoms with van der Waals surface area (Å²) >= 11 is 0. The second kappa shape index (κ2) is 3.63. The van der Waals surface area contributed by atoms with Gasteiger partial charge in [0.1, 0.15) is 6.20 Å². The molecule has 1 aromatic rings. The summed E-state index contributed by atoms with van der Waals surface area (Å²) in [6, 6.07) is 3.48. The zero-order valence-corrected chi connectivity index (χ0v) is 7.02. The molecule has 0 aliphatic rings. The lowest BCUT2D eigenvalue weighted by Gasteiger charge is -1.97. The predicted octanol–water partition coefficient (Wildman–Crippen LogP) is 1.36. The van der Waals surface area contributed by atoms with Crippen LogP contribution in [0.25, 0.3) is 0 Å². The molecular weight excluding hydrogens is 170 g/mol. The first-order valence-corrected chi connectivity index (χ1v) is 3.62. The summed E-state index contributed by atoms with van der Waals surface area (Å²) in [5.41, 5.74) is 1.08. The van der Waals surface area contributed by atoms with Crippen LogP contribution in [0.4, 0.5) is 5.69 Å². The Morgan fingerprint density at radius 2 is 2.46 bits per heavy atom. The third kappa shape index (κ3) is 1.99. The van der Waals surface area contributed by atoms with Crippen molar-refractivity contribution in [3.05, 3.63) is 33.6 Å². The van der Waals surface area contributed by atoms with Gasteiger partial charge < -0.3 is 0 Å². The molecule has 0 saturated heterocycles. The number of nitriles is 1. The van der Waals surface area contributed by atoms with Crippen molar-refractivity contribution in [3.63, 3.8) is 0 Å². The van der Waals surface area contributed by atoms with Crippen molar-refractivity contribution in [1.29, 1.82) is 5.26 Å². The molecule has 0 fully saturated rings. The average Bonchev–Trinajstić information content (AvgIpc) is 2.04. The number of hydrogen-bond acceptors (Lipinski definition) is 4. The fourth-order valence-electron chi connectivity index (χ4n) is 0.976. The third-order valence-electron chi connectivity index (χ3n) is 1.60. The summed E-state index contributed by atoms with van der Waals surface area (Å²) in [5.74, 6) is 0. The van der Waals surface area contributed by atoms with Gasteiger partial charge in [-0.1, -0.05) is 0 Å². The molecule has 1 rings (SSSR count). The maximum Gasteiger partial charge on any atom is 0.290 e. The lowest BCUT2D eigenvalue weighted by Crippen LogP contribution is -1.95. The first kappa shape index (κ1) is 9.13. The van der Waals surface area contributed by atoms with Crippen LogP contribution in [0.1, 0.15) is 11.3 Å². The Labute approximate surface area is 74.8 Å². The molecule has 0 aliphatic carbocycles. The molecule has 5 heteroatoms. The van der Waals surface area contributed by atoms with Gasteiger partial charge in [-0.15, -0.1) is 0 Å². The molecule has 5 nitrogen and oxygen atoms in total. The molecule has 0 amide bonds. The number of aryl methyl sites for hydroxylation is 1. The van der Waals surface area contributed by atoms with Gasteiger partial charge in [0.15, 0.2) is 0 Å². The second-order valence-corrected chi connectivity index (χ2v) is 2.55. The molecule has 1 heterocycles. The van der Waals surface area contributed by atoms with Crippen molar-refractivity contribution in [2.45, 2.75) is 13.3 Å². The lowest BCUT2D eigenvalue weighted by molar-refractivity contribution is -0.385. The fraction of sp³-hybridized carbons (Fsp3) is 0.250. The smallest absolute Gasteiger partial charge is 0.258 e. The van der Waals surface area contributed by atoms with E-state index < -0.39 is 4.92 Å². The van der Waals surface area contributed by atoms with Crippen molar-refractivity contribution in [2.75, 3.05) is 0 Å². The van der Waals surface area contributed by atoms with Gasteiger partial charge in [-0.05, 0) is 13.0 Å². The van der Waals surface area contributed by atoms with Gasteiger partial charge in [-0.25, -0.2) is 0 Å². The fourth-order valence-corrected chi connectivity index (χ4v) is 0.976. The molecule has 0 bridgehead atoms. The highest BCUT2D eigenvalue weighted by Crippen LogP contribution is 2.16. The van der Waals surface area contributed by atoms with Crippen LogP contribution in [-0.2, 0) is 6.42 Å². The second-order valence-electron chi connectivity index (χ2n) is 2.55. The Kier molecular flexibility index (Phi) is 2.55. The normalized spacial score (nSPS) is 9.23. The summed E-state index contributed by atoms with van der Waals surface area (Å²) in [4.78, 5) is 13.7. The van der Waals surface area contributed by atoms with Gasteiger partial charge in [0.2, 0.25) is 0 Å². The first-order valence-electron chi connectivity index (χ1n) is 3.62. The number of aromatic nitrogens is 1. The Hall–Kier alpha value is -1.96. The Balaban J connectivity index is 3.07. The van der Waals surface area contributed by atoms with Crippen LogP contribution in [0.5, 0.6) is 0 Å². The van der Waals surface area contributed by atoms with E-state index in [1.807, 2.05) is 6.07 Å². The summed E-state index contributed by atoms with van der Waals surface area (Å²) in [7, 11) is 0. The molecule has 0 atom stereocenters. The van der Waals surface area contributed by atoms with Crippen LogP contribution in [0.15, 0.2) is 12.3 Å². The highest BCUT2D eigenvalue weighted by atomic mass is 16.6. The Bertz CT molecular complexity index is 381. The molecule has 0 N–H and O–H groups in total. The van der Waals surface area contributed by atoms with Gasteiger partial charge in [0, 0.05) is 5.56 Å². The van der Waals surface area contributed by atoms with Crippen LogP contribution in [0, 0.1) is 28.4 Å². The van der Waals surface area contributed by atoms with Gasteiger partial charge in [-0.3, -0.25) is 15.1 Å². The number of nitrogens with zero attached hydrogens (tertiary/aromatic N) is 3. The van der Waals surface area contributed by atoms with Gasteiger partial charge in [0.25, 0.3) is 5.69 Å². The average molecular weight is 177 g/mol. The zero-order chi connectivity index (χ0) is 9.84. The van der Waals surface area contributed by atoms with Gasteiger partial charge in [0.05, 0.1) is 23.1 Å². The van der Waals surface area contributed by atoms with E-state index in [2.05, 4.69) is 4.98 Å². The maximum absolute atomic E-state index is 10.4. The molecule has 0 unspecified atom stereocenters. The van der Waals surface area contributed by atoms with E-state index in [-0.39, 0.29) is 12.1 Å². The van der Waals surface area contributed by atoms with Crippen LogP contribution >= 0.6 is 0 Å². The van der Waals surface area contributed by atoms with E-state index in [1.165, 1.54) is 6.20 Å². The van der Waals surface area contributed by atoms with Crippen LogP contribution < -0.4 is 0 Å². The summed E-state index contributed by atoms with van der Waals surface area (Å²) in [6.07, 6.45) is 1.36. The molecule has 13 heavy (non-hydrogen) atoms. The summed E-state index contributed by atoms with van der Waals surface area (Å²) in [6.45, 7) is 1.63. The molecule has 1 aromatic heterocycles. The SMILES string of the molecule is Cc1cc(CC#N)ncc1[N+](=O)[O-]. The highest BCUT2D eigenvalue weighted by molar-refractivity contribution is 5.37. The Morgan fingerprint density at radius 3 is 2.92 bits per heavy atom. The molecule has 66 valence electrons. The van der Waals surface area contributed by atoms with E-state index in [0.717, 1.165) is 0 Å². The summed E-state index contributed by atoms with van der Waals surface area (Å²) < 4.78 is 0. The molecule has 0 radical (unpaired) electrons. The number of pyridine rings is 1. The maximum atomic E-state index is 10.4. The topological polar surface area (TPSA) is 79.8 Å². The van der Waals surface area contributed by atoms with E-state index in [1.54, 1.807) is 13.0 Å². The highest BCUT2D eigenvalue weighted by Gasteiger charge is 2.10. The molecule has 0 spiro atoms. The van der Waals surface area contributed by atoms with Crippen molar-refractivity contribution < 1.29 is 4.92 Å². The predicted molar refractivity (Wildman–Crippen MR) is 44.9 cm³/mol. The van der Waals surface area contributed by atoms with Gasteiger partial charge >= 0.3 is 0 Å². The standard InChI is InChI=1S/C8H7N3O2/c1-6-4-7(2-3-9)10-5-8(6)11(12)13/h4-5H,2H2,1H3. The number of nitro groups is 1. The van der Waals surface area contributed by atoms with Crippen molar-refractivity contribution in [2.24, 2.45) is 0 Å². The molecule has 0 saturated carbocycles. The minimum absolute atomic E-state index is 0.0123. The summed E-state index contributed by atoms with van der Waals surface area (Å²) in [5, 5.41) is 18.8.